The van der Waals surface area contributed by atoms with E-state index < -0.39 is 0 Å². The molecule has 72 valence electrons. The fourth-order valence-electron chi connectivity index (χ4n) is 1.06. The van der Waals surface area contributed by atoms with E-state index in [1.807, 2.05) is 6.92 Å². The summed E-state index contributed by atoms with van der Waals surface area (Å²) in [5, 5.41) is 2.92. The maximum absolute atomic E-state index is 13.3. The van der Waals surface area contributed by atoms with Crippen LogP contribution in [0.1, 0.15) is 24.9 Å². The Labute approximate surface area is 77.4 Å². The molecular weight excluding hydrogens is 169 g/mol. The zero-order valence-corrected chi connectivity index (χ0v) is 8.19. The summed E-state index contributed by atoms with van der Waals surface area (Å²) in [6, 6.07) is 0. The van der Waals surface area contributed by atoms with Crippen LogP contribution in [0.5, 0.6) is 0 Å². The Morgan fingerprint density at radius 2 is 2.00 bits per heavy atom. The number of hydrogen-bond donors (Lipinski definition) is 1. The van der Waals surface area contributed by atoms with Gasteiger partial charge in [0.1, 0.15) is 5.82 Å². The van der Waals surface area contributed by atoms with E-state index in [1.54, 1.807) is 13.8 Å². The second kappa shape index (κ2) is 4.16. The minimum Gasteiger partial charge on any atom is -0.368 e. The van der Waals surface area contributed by atoms with Gasteiger partial charge >= 0.3 is 0 Å². The predicted octanol–water partition coefficient (Wildman–Crippen LogP) is 2.05. The first-order valence-electron chi connectivity index (χ1n) is 4.39. The average Bonchev–Trinajstić information content (AvgIpc) is 2.09. The monoisotopic (exact) mass is 183 g/mol. The summed E-state index contributed by atoms with van der Waals surface area (Å²) in [5.41, 5.74) is 0.395. The van der Waals surface area contributed by atoms with E-state index in [4.69, 9.17) is 0 Å². The SMILES string of the molecule is CCCNc1nc(C)nc(C)c1F. The Hall–Kier alpha value is -1.19. The molecule has 0 aliphatic heterocycles. The van der Waals surface area contributed by atoms with E-state index in [9.17, 15) is 4.39 Å². The zero-order valence-electron chi connectivity index (χ0n) is 8.19. The minimum absolute atomic E-state index is 0.312. The summed E-state index contributed by atoms with van der Waals surface area (Å²) < 4.78 is 13.3. The van der Waals surface area contributed by atoms with Gasteiger partial charge in [-0.05, 0) is 20.3 Å². The van der Waals surface area contributed by atoms with E-state index in [2.05, 4.69) is 15.3 Å². The molecule has 3 nitrogen and oxygen atoms in total. The number of halogens is 1. The van der Waals surface area contributed by atoms with Gasteiger partial charge in [0, 0.05) is 6.54 Å². The molecule has 0 fully saturated rings. The number of nitrogens with one attached hydrogen (secondary N) is 1. The average molecular weight is 183 g/mol. The van der Waals surface area contributed by atoms with Gasteiger partial charge in [-0.15, -0.1) is 0 Å². The van der Waals surface area contributed by atoms with E-state index >= 15 is 0 Å². The summed E-state index contributed by atoms with van der Waals surface area (Å²) in [7, 11) is 0. The molecule has 0 atom stereocenters. The molecule has 1 heterocycles. The van der Waals surface area contributed by atoms with Gasteiger partial charge in [0.25, 0.3) is 0 Å². The number of hydrogen-bond acceptors (Lipinski definition) is 3. The van der Waals surface area contributed by atoms with Crippen LogP contribution in [0.2, 0.25) is 0 Å². The van der Waals surface area contributed by atoms with Gasteiger partial charge in [-0.1, -0.05) is 6.92 Å². The molecule has 1 rings (SSSR count). The standard InChI is InChI=1S/C9H14FN3/c1-4-5-11-9-8(10)6(2)12-7(3)13-9/h4-5H2,1-3H3,(H,11,12,13). The first-order valence-corrected chi connectivity index (χ1v) is 4.39. The summed E-state index contributed by atoms with van der Waals surface area (Å²) in [6.45, 7) is 6.14. The second-order valence-corrected chi connectivity index (χ2v) is 2.95. The highest BCUT2D eigenvalue weighted by Gasteiger charge is 2.07. The van der Waals surface area contributed by atoms with Crippen LogP contribution in [0.15, 0.2) is 0 Å². The number of nitrogens with zero attached hydrogens (tertiary/aromatic N) is 2. The lowest BCUT2D eigenvalue weighted by molar-refractivity contribution is 0.602. The smallest absolute Gasteiger partial charge is 0.186 e. The van der Waals surface area contributed by atoms with Crippen molar-refractivity contribution in [3.05, 3.63) is 17.3 Å². The fourth-order valence-corrected chi connectivity index (χ4v) is 1.06. The molecule has 0 saturated carbocycles. The van der Waals surface area contributed by atoms with Crippen LogP contribution < -0.4 is 5.32 Å². The number of aryl methyl sites for hydroxylation is 2. The van der Waals surface area contributed by atoms with Crippen LogP contribution in [-0.4, -0.2) is 16.5 Å². The van der Waals surface area contributed by atoms with Crippen molar-refractivity contribution in [2.75, 3.05) is 11.9 Å². The van der Waals surface area contributed by atoms with E-state index in [0.29, 0.717) is 17.3 Å². The van der Waals surface area contributed by atoms with Crippen molar-refractivity contribution in [1.29, 1.82) is 0 Å². The Balaban J connectivity index is 2.92. The number of aromatic nitrogens is 2. The molecule has 1 aromatic heterocycles. The van der Waals surface area contributed by atoms with Gasteiger partial charge in [0.2, 0.25) is 0 Å². The summed E-state index contributed by atoms with van der Waals surface area (Å²) in [4.78, 5) is 7.89. The molecule has 0 aliphatic rings. The fraction of sp³-hybridized carbons (Fsp3) is 0.556. The maximum Gasteiger partial charge on any atom is 0.186 e. The van der Waals surface area contributed by atoms with Crippen molar-refractivity contribution in [3.63, 3.8) is 0 Å². The molecule has 1 N–H and O–H groups in total. The molecule has 0 saturated heterocycles. The van der Waals surface area contributed by atoms with Gasteiger partial charge in [0.05, 0.1) is 5.69 Å². The van der Waals surface area contributed by atoms with E-state index in [1.165, 1.54) is 0 Å². The topological polar surface area (TPSA) is 37.8 Å². The van der Waals surface area contributed by atoms with Crippen LogP contribution in [0.3, 0.4) is 0 Å². The van der Waals surface area contributed by atoms with Crippen LogP contribution in [-0.2, 0) is 0 Å². The molecule has 0 radical (unpaired) electrons. The first-order chi connectivity index (χ1) is 6.15. The van der Waals surface area contributed by atoms with Crippen LogP contribution in [0.4, 0.5) is 10.2 Å². The Morgan fingerprint density at radius 1 is 1.31 bits per heavy atom. The Morgan fingerprint density at radius 3 is 2.62 bits per heavy atom. The third kappa shape index (κ3) is 2.37. The normalized spacial score (nSPS) is 10.2. The van der Waals surface area contributed by atoms with Crippen molar-refractivity contribution in [3.8, 4) is 0 Å². The van der Waals surface area contributed by atoms with Crippen molar-refractivity contribution in [2.24, 2.45) is 0 Å². The highest BCUT2D eigenvalue weighted by molar-refractivity contribution is 5.37. The van der Waals surface area contributed by atoms with Crippen molar-refractivity contribution in [2.45, 2.75) is 27.2 Å². The third-order valence-electron chi connectivity index (χ3n) is 1.67. The summed E-state index contributed by atoms with van der Waals surface area (Å²) in [6.07, 6.45) is 0.946. The lowest BCUT2D eigenvalue weighted by Gasteiger charge is -2.07. The molecule has 1 aromatic rings. The lowest BCUT2D eigenvalue weighted by atomic mass is 10.3. The highest BCUT2D eigenvalue weighted by atomic mass is 19.1. The predicted molar refractivity (Wildman–Crippen MR) is 50.2 cm³/mol. The molecular formula is C9H14FN3. The number of anilines is 1. The first kappa shape index (κ1) is 9.89. The molecule has 0 bridgehead atoms. The van der Waals surface area contributed by atoms with Gasteiger partial charge < -0.3 is 5.32 Å². The molecule has 0 aliphatic carbocycles. The van der Waals surface area contributed by atoms with Crippen molar-refractivity contribution < 1.29 is 4.39 Å². The summed E-state index contributed by atoms with van der Waals surface area (Å²) in [5.74, 6) is 0.559. The van der Waals surface area contributed by atoms with Crippen molar-refractivity contribution >= 4 is 5.82 Å². The molecule has 0 aromatic carbocycles. The van der Waals surface area contributed by atoms with E-state index in [-0.39, 0.29) is 5.82 Å². The van der Waals surface area contributed by atoms with Gasteiger partial charge in [-0.3, -0.25) is 0 Å². The Kier molecular flexibility index (Phi) is 3.17. The lowest BCUT2D eigenvalue weighted by Crippen LogP contribution is -2.08. The molecule has 13 heavy (non-hydrogen) atoms. The molecule has 0 amide bonds. The van der Waals surface area contributed by atoms with E-state index in [0.717, 1.165) is 13.0 Å². The quantitative estimate of drug-likeness (QED) is 0.779. The maximum atomic E-state index is 13.3. The molecule has 4 heteroatoms. The van der Waals surface area contributed by atoms with Crippen molar-refractivity contribution in [1.82, 2.24) is 9.97 Å². The third-order valence-corrected chi connectivity index (χ3v) is 1.67. The van der Waals surface area contributed by atoms with Gasteiger partial charge in [0.15, 0.2) is 11.6 Å². The second-order valence-electron chi connectivity index (χ2n) is 2.95. The van der Waals surface area contributed by atoms with Crippen LogP contribution >= 0.6 is 0 Å². The minimum atomic E-state index is -0.348. The van der Waals surface area contributed by atoms with Crippen LogP contribution in [0.25, 0.3) is 0 Å². The number of rotatable bonds is 3. The zero-order chi connectivity index (χ0) is 9.84. The summed E-state index contributed by atoms with van der Waals surface area (Å²) >= 11 is 0. The molecule has 0 unspecified atom stereocenters. The van der Waals surface area contributed by atoms with Gasteiger partial charge in [-0.2, -0.15) is 0 Å². The van der Waals surface area contributed by atoms with Crippen LogP contribution in [0, 0.1) is 19.7 Å². The molecule has 0 spiro atoms. The largest absolute Gasteiger partial charge is 0.368 e. The Bertz CT molecular complexity index is 299. The highest BCUT2D eigenvalue weighted by Crippen LogP contribution is 2.13. The van der Waals surface area contributed by atoms with Gasteiger partial charge in [-0.25, -0.2) is 14.4 Å².